The van der Waals surface area contributed by atoms with E-state index in [1.165, 1.54) is 5.56 Å². The number of imidazole rings is 1. The minimum atomic E-state index is -0.191. The Kier molecular flexibility index (Phi) is 2.95. The fourth-order valence-electron chi connectivity index (χ4n) is 2.31. The molecule has 1 aliphatic rings. The van der Waals surface area contributed by atoms with E-state index < -0.39 is 0 Å². The molecule has 19 heavy (non-hydrogen) atoms. The number of carbonyl (C=O) groups excluding carboxylic acids is 1. The molecule has 2 heterocycles. The average Bonchev–Trinajstić information content (AvgIpc) is 2.85. The van der Waals surface area contributed by atoms with E-state index in [4.69, 9.17) is 0 Å². The summed E-state index contributed by atoms with van der Waals surface area (Å²) in [6, 6.07) is 5.98. The van der Waals surface area contributed by atoms with Crippen molar-refractivity contribution in [2.75, 3.05) is 17.2 Å². The Balaban J connectivity index is 1.80. The summed E-state index contributed by atoms with van der Waals surface area (Å²) in [5.74, 6) is 0.217. The molecule has 0 aliphatic carbocycles. The summed E-state index contributed by atoms with van der Waals surface area (Å²) in [4.78, 5) is 16.1. The van der Waals surface area contributed by atoms with E-state index in [9.17, 15) is 4.79 Å². The lowest BCUT2D eigenvalue weighted by atomic mass is 10.0. The van der Waals surface area contributed by atoms with Gasteiger partial charge in [0.05, 0.1) is 0 Å². The van der Waals surface area contributed by atoms with Crippen LogP contribution in [0.4, 0.5) is 11.4 Å². The molecule has 5 nitrogen and oxygen atoms in total. The van der Waals surface area contributed by atoms with Crippen molar-refractivity contribution in [3.63, 3.8) is 0 Å². The molecule has 98 valence electrons. The molecule has 1 aliphatic heterocycles. The van der Waals surface area contributed by atoms with Crippen LogP contribution in [0.3, 0.4) is 0 Å². The van der Waals surface area contributed by atoms with E-state index in [1.54, 1.807) is 24.0 Å². The van der Waals surface area contributed by atoms with Gasteiger partial charge in [-0.2, -0.15) is 0 Å². The number of carbonyl (C=O) groups is 1. The van der Waals surface area contributed by atoms with Crippen molar-refractivity contribution >= 4 is 17.3 Å². The molecule has 3 rings (SSSR count). The molecule has 1 aromatic heterocycles. The van der Waals surface area contributed by atoms with Crippen LogP contribution in [-0.4, -0.2) is 22.0 Å². The highest BCUT2D eigenvalue weighted by atomic mass is 16.2. The Labute approximate surface area is 111 Å². The van der Waals surface area contributed by atoms with Gasteiger partial charge in [0.15, 0.2) is 5.82 Å². The van der Waals surface area contributed by atoms with E-state index >= 15 is 0 Å². The van der Waals surface area contributed by atoms with Gasteiger partial charge in [-0.05, 0) is 30.5 Å². The Bertz CT molecular complexity index is 618. The Hall–Kier alpha value is -2.30. The zero-order valence-electron chi connectivity index (χ0n) is 10.8. The van der Waals surface area contributed by atoms with Crippen LogP contribution in [0.15, 0.2) is 30.6 Å². The lowest BCUT2D eigenvalue weighted by molar-refractivity contribution is 0.101. The number of nitrogens with one attached hydrogen (secondary N) is 2. The number of fused-ring (bicyclic) bond motifs is 1. The van der Waals surface area contributed by atoms with Gasteiger partial charge in [-0.25, -0.2) is 4.98 Å². The van der Waals surface area contributed by atoms with Gasteiger partial charge in [-0.3, -0.25) is 4.79 Å². The van der Waals surface area contributed by atoms with Crippen LogP contribution in [0.1, 0.15) is 22.6 Å². The molecular formula is C14H16N4O. The molecule has 0 atom stereocenters. The summed E-state index contributed by atoms with van der Waals surface area (Å²) in [5.41, 5.74) is 3.21. The molecule has 0 fully saturated rings. The molecule has 0 saturated heterocycles. The molecular weight excluding hydrogens is 240 g/mol. The SMILES string of the molecule is Cn1ccnc1C(=O)Nc1ccc2c(c1)NCCC2. The Morgan fingerprint density at radius 1 is 1.47 bits per heavy atom. The lowest BCUT2D eigenvalue weighted by Crippen LogP contribution is -2.17. The molecule has 0 saturated carbocycles. The summed E-state index contributed by atoms with van der Waals surface area (Å²) in [5, 5.41) is 6.22. The van der Waals surface area contributed by atoms with Gasteiger partial charge in [0.25, 0.3) is 5.91 Å². The number of nitrogens with zero attached hydrogens (tertiary/aromatic N) is 2. The molecule has 2 aromatic rings. The second-order valence-electron chi connectivity index (χ2n) is 4.72. The van der Waals surface area contributed by atoms with Crippen LogP contribution in [0.2, 0.25) is 0 Å². The summed E-state index contributed by atoms with van der Waals surface area (Å²) in [7, 11) is 1.80. The minimum absolute atomic E-state index is 0.191. The molecule has 1 amide bonds. The van der Waals surface area contributed by atoms with Crippen molar-refractivity contribution < 1.29 is 4.79 Å². The second kappa shape index (κ2) is 4.76. The van der Waals surface area contributed by atoms with Crippen molar-refractivity contribution in [2.24, 2.45) is 7.05 Å². The molecule has 0 spiro atoms. The fourth-order valence-corrected chi connectivity index (χ4v) is 2.31. The van der Waals surface area contributed by atoms with E-state index in [1.807, 2.05) is 12.1 Å². The predicted molar refractivity (Wildman–Crippen MR) is 74.4 cm³/mol. The van der Waals surface area contributed by atoms with E-state index in [0.717, 1.165) is 30.8 Å². The van der Waals surface area contributed by atoms with E-state index in [0.29, 0.717) is 5.82 Å². The number of amides is 1. The highest BCUT2D eigenvalue weighted by Crippen LogP contribution is 2.25. The first-order valence-corrected chi connectivity index (χ1v) is 6.39. The first kappa shape index (κ1) is 11.8. The molecule has 2 N–H and O–H groups in total. The zero-order chi connectivity index (χ0) is 13.2. The Morgan fingerprint density at radius 3 is 3.16 bits per heavy atom. The maximum atomic E-state index is 12.0. The average molecular weight is 256 g/mol. The maximum absolute atomic E-state index is 12.0. The first-order chi connectivity index (χ1) is 9.24. The van der Waals surface area contributed by atoms with Crippen molar-refractivity contribution in [3.05, 3.63) is 42.0 Å². The third kappa shape index (κ3) is 2.31. The second-order valence-corrected chi connectivity index (χ2v) is 4.72. The summed E-state index contributed by atoms with van der Waals surface area (Å²) in [6.45, 7) is 0.990. The molecule has 0 radical (unpaired) electrons. The summed E-state index contributed by atoms with van der Waals surface area (Å²) < 4.78 is 1.70. The normalized spacial score (nSPS) is 13.5. The largest absolute Gasteiger partial charge is 0.385 e. The standard InChI is InChI=1S/C14H16N4O/c1-18-8-7-16-13(18)14(19)17-11-5-4-10-3-2-6-15-12(10)9-11/h4-5,7-9,15H,2-3,6H2,1H3,(H,17,19). The molecule has 1 aromatic carbocycles. The number of hydrogen-bond donors (Lipinski definition) is 2. The van der Waals surface area contributed by atoms with Gasteiger partial charge in [0.2, 0.25) is 0 Å². The van der Waals surface area contributed by atoms with Crippen LogP contribution in [0.25, 0.3) is 0 Å². The van der Waals surface area contributed by atoms with Crippen LogP contribution in [-0.2, 0) is 13.5 Å². The van der Waals surface area contributed by atoms with Gasteiger partial charge in [0.1, 0.15) is 0 Å². The highest BCUT2D eigenvalue weighted by Gasteiger charge is 2.13. The zero-order valence-corrected chi connectivity index (χ0v) is 10.8. The van der Waals surface area contributed by atoms with E-state index in [2.05, 4.69) is 21.7 Å². The van der Waals surface area contributed by atoms with Crippen molar-refractivity contribution in [2.45, 2.75) is 12.8 Å². The number of hydrogen-bond acceptors (Lipinski definition) is 3. The summed E-state index contributed by atoms with van der Waals surface area (Å²) in [6.07, 6.45) is 5.62. The highest BCUT2D eigenvalue weighted by molar-refractivity contribution is 6.02. The third-order valence-electron chi connectivity index (χ3n) is 3.33. The van der Waals surface area contributed by atoms with Crippen molar-refractivity contribution in [1.82, 2.24) is 9.55 Å². The minimum Gasteiger partial charge on any atom is -0.385 e. The number of benzene rings is 1. The van der Waals surface area contributed by atoms with Crippen LogP contribution < -0.4 is 10.6 Å². The van der Waals surface area contributed by atoms with Gasteiger partial charge in [-0.15, -0.1) is 0 Å². The van der Waals surface area contributed by atoms with Crippen LogP contribution in [0, 0.1) is 0 Å². The van der Waals surface area contributed by atoms with Crippen molar-refractivity contribution in [3.8, 4) is 0 Å². The summed E-state index contributed by atoms with van der Waals surface area (Å²) >= 11 is 0. The maximum Gasteiger partial charge on any atom is 0.291 e. The fraction of sp³-hybridized carbons (Fsp3) is 0.286. The van der Waals surface area contributed by atoms with Gasteiger partial charge in [-0.1, -0.05) is 6.07 Å². The van der Waals surface area contributed by atoms with Gasteiger partial charge >= 0.3 is 0 Å². The van der Waals surface area contributed by atoms with Crippen molar-refractivity contribution in [1.29, 1.82) is 0 Å². The van der Waals surface area contributed by atoms with E-state index in [-0.39, 0.29) is 5.91 Å². The van der Waals surface area contributed by atoms with Crippen LogP contribution in [0.5, 0.6) is 0 Å². The number of rotatable bonds is 2. The lowest BCUT2D eigenvalue weighted by Gasteiger charge is -2.18. The van der Waals surface area contributed by atoms with Gasteiger partial charge < -0.3 is 15.2 Å². The number of anilines is 2. The first-order valence-electron chi connectivity index (χ1n) is 6.39. The third-order valence-corrected chi connectivity index (χ3v) is 3.33. The number of aryl methyl sites for hydroxylation is 2. The quantitative estimate of drug-likeness (QED) is 0.864. The number of aromatic nitrogens is 2. The smallest absolute Gasteiger partial charge is 0.291 e. The Morgan fingerprint density at radius 2 is 2.37 bits per heavy atom. The molecule has 5 heteroatoms. The molecule has 0 bridgehead atoms. The molecule has 0 unspecified atom stereocenters. The monoisotopic (exact) mass is 256 g/mol. The van der Waals surface area contributed by atoms with Gasteiger partial charge in [0, 0.05) is 37.4 Å². The predicted octanol–water partition coefficient (Wildman–Crippen LogP) is 2.03. The van der Waals surface area contributed by atoms with Crippen LogP contribution >= 0.6 is 0 Å². The topological polar surface area (TPSA) is 59.0 Å².